The fraction of sp³-hybridized carbons (Fsp3) is 0.182. The molecule has 3 rings (SSSR count). The van der Waals surface area contributed by atoms with E-state index >= 15 is 0 Å². The Morgan fingerprint density at radius 1 is 0.964 bits per heavy atom. The van der Waals surface area contributed by atoms with Gasteiger partial charge in [0.05, 0.1) is 0 Å². The van der Waals surface area contributed by atoms with Crippen LogP contribution in [0.3, 0.4) is 0 Å². The van der Waals surface area contributed by atoms with Gasteiger partial charge in [0, 0.05) is 23.0 Å². The highest BCUT2D eigenvalue weighted by Gasteiger charge is 2.12. The van der Waals surface area contributed by atoms with E-state index in [9.17, 15) is 9.59 Å². The second kappa shape index (κ2) is 8.43. The molecule has 0 spiro atoms. The Balaban J connectivity index is 1.79. The molecule has 2 N–H and O–H groups in total. The van der Waals surface area contributed by atoms with Crippen LogP contribution in [0.25, 0.3) is 0 Å². The molecule has 2 aromatic carbocycles. The predicted molar refractivity (Wildman–Crippen MR) is 110 cm³/mol. The fourth-order valence-electron chi connectivity index (χ4n) is 2.73. The number of carbonyl (C=O) groups is 2. The van der Waals surface area contributed by atoms with E-state index in [1.165, 1.54) is 12.5 Å². The minimum Gasteiger partial charge on any atom is -0.340 e. The first-order chi connectivity index (χ1) is 13.4. The first kappa shape index (κ1) is 19.2. The van der Waals surface area contributed by atoms with Gasteiger partial charge in [-0.2, -0.15) is 0 Å². The van der Waals surface area contributed by atoms with Crippen LogP contribution in [-0.4, -0.2) is 21.7 Å². The molecule has 0 fully saturated rings. The molecule has 0 aliphatic carbocycles. The first-order valence-electron chi connectivity index (χ1n) is 9.08. The van der Waals surface area contributed by atoms with Crippen LogP contribution in [0.2, 0.25) is 0 Å². The second-order valence-corrected chi connectivity index (χ2v) is 6.45. The molecule has 0 aliphatic rings. The molecule has 0 atom stereocenters. The number of Topliss-reactive ketones (excluding diaryl/α,β-unsaturated/α-hetero) is 1. The summed E-state index contributed by atoms with van der Waals surface area (Å²) in [4.78, 5) is 32.7. The third kappa shape index (κ3) is 4.79. The van der Waals surface area contributed by atoms with Crippen LogP contribution in [-0.2, 0) is 6.42 Å². The molecular weight excluding hydrogens is 352 g/mol. The van der Waals surface area contributed by atoms with Gasteiger partial charge in [-0.15, -0.1) is 0 Å². The van der Waals surface area contributed by atoms with Crippen molar-refractivity contribution in [3.63, 3.8) is 0 Å². The number of ketones is 1. The van der Waals surface area contributed by atoms with Gasteiger partial charge in [0.15, 0.2) is 5.78 Å². The SMILES string of the molecule is CCc1ccc(NC(=O)c2cc(Nc3cccc(C(C)=O)c3)nc(C)n2)cc1. The van der Waals surface area contributed by atoms with Gasteiger partial charge in [0.25, 0.3) is 5.91 Å². The lowest BCUT2D eigenvalue weighted by atomic mass is 10.1. The van der Waals surface area contributed by atoms with Crippen molar-refractivity contribution in [3.05, 3.63) is 77.2 Å². The van der Waals surface area contributed by atoms with E-state index < -0.39 is 0 Å². The molecule has 3 aromatic rings. The highest BCUT2D eigenvalue weighted by atomic mass is 16.2. The summed E-state index contributed by atoms with van der Waals surface area (Å²) in [6, 6.07) is 16.4. The number of rotatable bonds is 6. The van der Waals surface area contributed by atoms with Gasteiger partial charge in [-0.05, 0) is 50.1 Å². The van der Waals surface area contributed by atoms with Crippen LogP contribution in [0.1, 0.15) is 46.1 Å². The minimum atomic E-state index is -0.310. The lowest BCUT2D eigenvalue weighted by molar-refractivity contribution is 0.101. The van der Waals surface area contributed by atoms with Crippen molar-refractivity contribution in [1.29, 1.82) is 0 Å². The van der Waals surface area contributed by atoms with Gasteiger partial charge in [-0.3, -0.25) is 9.59 Å². The van der Waals surface area contributed by atoms with Crippen LogP contribution >= 0.6 is 0 Å². The number of hydrogen-bond donors (Lipinski definition) is 2. The van der Waals surface area contributed by atoms with Gasteiger partial charge in [0.2, 0.25) is 0 Å². The summed E-state index contributed by atoms with van der Waals surface area (Å²) < 4.78 is 0. The number of carbonyl (C=O) groups excluding carboxylic acids is 2. The highest BCUT2D eigenvalue weighted by Crippen LogP contribution is 2.18. The van der Waals surface area contributed by atoms with Crippen molar-refractivity contribution in [2.45, 2.75) is 27.2 Å². The third-order valence-corrected chi connectivity index (χ3v) is 4.23. The minimum absolute atomic E-state index is 0.0170. The molecule has 0 radical (unpaired) electrons. The zero-order chi connectivity index (χ0) is 20.1. The molecule has 0 saturated heterocycles. The van der Waals surface area contributed by atoms with E-state index in [0.29, 0.717) is 28.6 Å². The fourth-order valence-corrected chi connectivity index (χ4v) is 2.73. The number of aromatic nitrogens is 2. The normalized spacial score (nSPS) is 10.4. The topological polar surface area (TPSA) is 84.0 Å². The smallest absolute Gasteiger partial charge is 0.274 e. The molecule has 6 nitrogen and oxygen atoms in total. The summed E-state index contributed by atoms with van der Waals surface area (Å²) in [7, 11) is 0. The summed E-state index contributed by atoms with van der Waals surface area (Å²) in [6.45, 7) is 5.32. The van der Waals surface area contributed by atoms with Crippen LogP contribution < -0.4 is 10.6 Å². The maximum Gasteiger partial charge on any atom is 0.274 e. The van der Waals surface area contributed by atoms with E-state index in [4.69, 9.17) is 0 Å². The molecule has 1 amide bonds. The molecule has 28 heavy (non-hydrogen) atoms. The van der Waals surface area contributed by atoms with Crippen molar-refractivity contribution >= 4 is 28.9 Å². The van der Waals surface area contributed by atoms with Crippen LogP contribution in [0.4, 0.5) is 17.2 Å². The maximum absolute atomic E-state index is 12.6. The van der Waals surface area contributed by atoms with Gasteiger partial charge >= 0.3 is 0 Å². The Labute approximate surface area is 164 Å². The van der Waals surface area contributed by atoms with E-state index in [2.05, 4.69) is 27.5 Å². The van der Waals surface area contributed by atoms with Crippen LogP contribution in [0.15, 0.2) is 54.6 Å². The molecule has 0 aliphatic heterocycles. The molecule has 0 unspecified atom stereocenters. The lowest BCUT2D eigenvalue weighted by Crippen LogP contribution is -2.15. The van der Waals surface area contributed by atoms with Gasteiger partial charge in [-0.1, -0.05) is 31.2 Å². The number of hydrogen-bond acceptors (Lipinski definition) is 5. The molecular formula is C22H22N4O2. The Hall–Kier alpha value is -3.54. The highest BCUT2D eigenvalue weighted by molar-refractivity contribution is 6.03. The molecule has 0 bridgehead atoms. The monoisotopic (exact) mass is 374 g/mol. The van der Waals surface area contributed by atoms with E-state index in [1.807, 2.05) is 30.3 Å². The summed E-state index contributed by atoms with van der Waals surface area (Å²) in [5, 5.41) is 5.98. The quantitative estimate of drug-likeness (QED) is 0.619. The molecule has 0 saturated carbocycles. The van der Waals surface area contributed by atoms with Crippen LogP contribution in [0.5, 0.6) is 0 Å². The molecule has 1 aromatic heterocycles. The number of nitrogens with one attached hydrogen (secondary N) is 2. The largest absolute Gasteiger partial charge is 0.340 e. The number of nitrogens with zero attached hydrogens (tertiary/aromatic N) is 2. The second-order valence-electron chi connectivity index (χ2n) is 6.45. The first-order valence-corrected chi connectivity index (χ1v) is 9.08. The zero-order valence-electron chi connectivity index (χ0n) is 16.1. The van der Waals surface area contributed by atoms with Gasteiger partial charge in [-0.25, -0.2) is 9.97 Å². The maximum atomic E-state index is 12.6. The van der Waals surface area contributed by atoms with Gasteiger partial charge < -0.3 is 10.6 Å². The average Bonchev–Trinajstić information content (AvgIpc) is 2.68. The number of aryl methyl sites for hydroxylation is 2. The molecule has 1 heterocycles. The average molecular weight is 374 g/mol. The summed E-state index contributed by atoms with van der Waals surface area (Å²) >= 11 is 0. The third-order valence-electron chi connectivity index (χ3n) is 4.23. The number of benzene rings is 2. The zero-order valence-corrected chi connectivity index (χ0v) is 16.1. The molecule has 142 valence electrons. The Morgan fingerprint density at radius 3 is 2.39 bits per heavy atom. The van der Waals surface area contributed by atoms with Crippen molar-refractivity contribution in [2.24, 2.45) is 0 Å². The van der Waals surface area contributed by atoms with Crippen molar-refractivity contribution in [2.75, 3.05) is 10.6 Å². The van der Waals surface area contributed by atoms with E-state index in [-0.39, 0.29) is 17.4 Å². The van der Waals surface area contributed by atoms with Crippen molar-refractivity contribution in [3.8, 4) is 0 Å². The van der Waals surface area contributed by atoms with Crippen molar-refractivity contribution < 1.29 is 9.59 Å². The summed E-state index contributed by atoms with van der Waals surface area (Å²) in [6.07, 6.45) is 0.944. The molecule has 6 heteroatoms. The van der Waals surface area contributed by atoms with E-state index in [0.717, 1.165) is 6.42 Å². The number of amides is 1. The van der Waals surface area contributed by atoms with Crippen molar-refractivity contribution in [1.82, 2.24) is 9.97 Å². The van der Waals surface area contributed by atoms with Gasteiger partial charge in [0.1, 0.15) is 17.3 Å². The Bertz CT molecular complexity index is 1010. The summed E-state index contributed by atoms with van der Waals surface area (Å²) in [5.74, 6) is 0.630. The number of anilines is 3. The summed E-state index contributed by atoms with van der Waals surface area (Å²) in [5.41, 5.74) is 3.49. The Morgan fingerprint density at radius 2 is 1.71 bits per heavy atom. The van der Waals surface area contributed by atoms with E-state index in [1.54, 1.807) is 31.2 Å². The van der Waals surface area contributed by atoms with Crippen LogP contribution in [0, 0.1) is 6.92 Å². The lowest BCUT2D eigenvalue weighted by Gasteiger charge is -2.10. The Kier molecular flexibility index (Phi) is 5.79. The standard InChI is InChI=1S/C22H22N4O2/c1-4-16-8-10-18(11-9-16)26-22(28)20-13-21(24-15(3)23-20)25-19-7-5-6-17(12-19)14(2)27/h5-13H,4H2,1-3H3,(H,26,28)(H,23,24,25). The predicted octanol–water partition coefficient (Wildman–Crippen LogP) is 4.55.